The Morgan fingerprint density at radius 1 is 1.47 bits per heavy atom. The van der Waals surface area contributed by atoms with Crippen molar-refractivity contribution < 1.29 is 0 Å². The Bertz CT molecular complexity index is 612. The number of anilines is 1. The van der Waals surface area contributed by atoms with Crippen LogP contribution in [-0.4, -0.2) is 9.97 Å². The maximum atomic E-state index is 8.96. The number of aryl methyl sites for hydroxylation is 2. The van der Waals surface area contributed by atoms with Crippen molar-refractivity contribution in [1.29, 1.82) is 5.26 Å². The van der Waals surface area contributed by atoms with Crippen LogP contribution in [0, 0.1) is 18.3 Å². The second-order valence-corrected chi connectivity index (χ2v) is 5.53. The van der Waals surface area contributed by atoms with Gasteiger partial charge in [-0.25, -0.2) is 9.97 Å². The molecule has 0 saturated carbocycles. The summed E-state index contributed by atoms with van der Waals surface area (Å²) in [5.41, 5.74) is 1.46. The zero-order valence-corrected chi connectivity index (χ0v) is 12.1. The second kappa shape index (κ2) is 5.81. The number of hydrogen-bond donors (Lipinski definition) is 1. The number of nitrogens with one attached hydrogen (secondary N) is 1. The van der Waals surface area contributed by atoms with E-state index in [2.05, 4.69) is 28.3 Å². The summed E-state index contributed by atoms with van der Waals surface area (Å²) < 4.78 is 0. The van der Waals surface area contributed by atoms with Gasteiger partial charge >= 0.3 is 0 Å². The third-order valence-corrected chi connectivity index (χ3v) is 4.06. The molecule has 0 fully saturated rings. The van der Waals surface area contributed by atoms with Crippen molar-refractivity contribution in [2.75, 3.05) is 5.32 Å². The molecule has 0 spiro atoms. The van der Waals surface area contributed by atoms with Crippen LogP contribution in [0.3, 0.4) is 0 Å². The van der Waals surface area contributed by atoms with Crippen molar-refractivity contribution in [2.45, 2.75) is 33.2 Å². The van der Waals surface area contributed by atoms with Crippen molar-refractivity contribution in [3.05, 3.63) is 39.5 Å². The maximum absolute atomic E-state index is 8.96. The smallest absolute Gasteiger partial charge is 0.128 e. The zero-order chi connectivity index (χ0) is 13.8. The highest BCUT2D eigenvalue weighted by atomic mass is 32.1. The van der Waals surface area contributed by atoms with E-state index in [1.807, 2.05) is 20.0 Å². The Morgan fingerprint density at radius 3 is 2.89 bits per heavy atom. The third kappa shape index (κ3) is 3.30. The standard InChI is InChI=1S/C14H16N4S/c1-4-12-8-16-14(19-12)10(3)18-13-6-11(7-15)5-9(2)17-13/h5-6,8,10H,4H2,1-3H3,(H,17,18). The predicted octanol–water partition coefficient (Wildman–Crippen LogP) is 3.45. The molecule has 1 unspecified atom stereocenters. The summed E-state index contributed by atoms with van der Waals surface area (Å²) in [7, 11) is 0. The fourth-order valence-corrected chi connectivity index (χ4v) is 2.64. The lowest BCUT2D eigenvalue weighted by Gasteiger charge is -2.12. The molecule has 2 rings (SSSR count). The summed E-state index contributed by atoms with van der Waals surface area (Å²) in [4.78, 5) is 10.1. The molecule has 0 saturated heterocycles. The molecule has 5 heteroatoms. The van der Waals surface area contributed by atoms with Crippen molar-refractivity contribution in [3.63, 3.8) is 0 Å². The van der Waals surface area contributed by atoms with E-state index >= 15 is 0 Å². The Kier molecular flexibility index (Phi) is 4.13. The van der Waals surface area contributed by atoms with Crippen LogP contribution in [0.1, 0.15) is 41.0 Å². The van der Waals surface area contributed by atoms with E-state index in [-0.39, 0.29) is 6.04 Å². The summed E-state index contributed by atoms with van der Waals surface area (Å²) in [5, 5.41) is 13.3. The molecule has 0 bridgehead atoms. The van der Waals surface area contributed by atoms with E-state index in [4.69, 9.17) is 5.26 Å². The van der Waals surface area contributed by atoms with Gasteiger partial charge in [0.05, 0.1) is 17.7 Å². The minimum atomic E-state index is 0.0890. The minimum Gasteiger partial charge on any atom is -0.361 e. The number of nitrogens with zero attached hydrogens (tertiary/aromatic N) is 3. The maximum Gasteiger partial charge on any atom is 0.128 e. The van der Waals surface area contributed by atoms with Crippen molar-refractivity contribution in [2.24, 2.45) is 0 Å². The van der Waals surface area contributed by atoms with Gasteiger partial charge in [-0.2, -0.15) is 5.26 Å². The number of nitriles is 1. The fourth-order valence-electron chi connectivity index (χ4n) is 1.78. The molecule has 0 aliphatic carbocycles. The van der Waals surface area contributed by atoms with Crippen LogP contribution < -0.4 is 5.32 Å². The van der Waals surface area contributed by atoms with Gasteiger partial charge in [0.25, 0.3) is 0 Å². The van der Waals surface area contributed by atoms with Gasteiger partial charge in [0.15, 0.2) is 0 Å². The minimum absolute atomic E-state index is 0.0890. The summed E-state index contributed by atoms with van der Waals surface area (Å²) in [6.07, 6.45) is 2.92. The molecular weight excluding hydrogens is 256 g/mol. The van der Waals surface area contributed by atoms with Crippen LogP contribution in [0.4, 0.5) is 5.82 Å². The third-order valence-electron chi connectivity index (χ3n) is 2.74. The molecule has 0 aliphatic rings. The van der Waals surface area contributed by atoms with Crippen molar-refractivity contribution >= 4 is 17.2 Å². The number of hydrogen-bond acceptors (Lipinski definition) is 5. The summed E-state index contributed by atoms with van der Waals surface area (Å²) >= 11 is 1.71. The summed E-state index contributed by atoms with van der Waals surface area (Å²) in [6.45, 7) is 6.06. The van der Waals surface area contributed by atoms with Gasteiger partial charge in [-0.05, 0) is 32.4 Å². The number of pyridine rings is 1. The lowest BCUT2D eigenvalue weighted by molar-refractivity contribution is 0.858. The first kappa shape index (κ1) is 13.5. The molecule has 2 aromatic rings. The SMILES string of the molecule is CCc1cnc(C(C)Nc2cc(C#N)cc(C)n2)s1. The number of rotatable bonds is 4. The Hall–Kier alpha value is -1.93. The predicted molar refractivity (Wildman–Crippen MR) is 77.2 cm³/mol. The summed E-state index contributed by atoms with van der Waals surface area (Å²) in [5.74, 6) is 0.720. The van der Waals surface area contributed by atoms with Gasteiger partial charge in [-0.3, -0.25) is 0 Å². The van der Waals surface area contributed by atoms with Crippen LogP contribution in [0.5, 0.6) is 0 Å². The highest BCUT2D eigenvalue weighted by Gasteiger charge is 2.11. The molecule has 0 radical (unpaired) electrons. The van der Waals surface area contributed by atoms with E-state index in [0.29, 0.717) is 5.56 Å². The summed E-state index contributed by atoms with van der Waals surface area (Å²) in [6, 6.07) is 5.76. The molecule has 0 aromatic carbocycles. The van der Waals surface area contributed by atoms with Gasteiger partial charge in [0.2, 0.25) is 0 Å². The molecule has 1 atom stereocenters. The van der Waals surface area contributed by atoms with E-state index in [1.165, 1.54) is 4.88 Å². The van der Waals surface area contributed by atoms with E-state index in [1.54, 1.807) is 23.5 Å². The lowest BCUT2D eigenvalue weighted by Crippen LogP contribution is -2.08. The molecule has 98 valence electrons. The fraction of sp³-hybridized carbons (Fsp3) is 0.357. The first-order valence-electron chi connectivity index (χ1n) is 6.22. The van der Waals surface area contributed by atoms with Crippen LogP contribution in [-0.2, 0) is 6.42 Å². The highest BCUT2D eigenvalue weighted by molar-refractivity contribution is 7.11. The largest absolute Gasteiger partial charge is 0.361 e. The monoisotopic (exact) mass is 272 g/mol. The zero-order valence-electron chi connectivity index (χ0n) is 11.3. The van der Waals surface area contributed by atoms with Gasteiger partial charge < -0.3 is 5.32 Å². The van der Waals surface area contributed by atoms with E-state index in [9.17, 15) is 0 Å². The van der Waals surface area contributed by atoms with Crippen molar-refractivity contribution in [3.8, 4) is 6.07 Å². The topological polar surface area (TPSA) is 61.6 Å². The molecule has 0 amide bonds. The average molecular weight is 272 g/mol. The Labute approximate surface area is 117 Å². The first-order chi connectivity index (χ1) is 9.12. The molecule has 0 aliphatic heterocycles. The quantitative estimate of drug-likeness (QED) is 0.926. The molecular formula is C14H16N4S. The van der Waals surface area contributed by atoms with Gasteiger partial charge in [-0.1, -0.05) is 6.92 Å². The number of aromatic nitrogens is 2. The average Bonchev–Trinajstić information content (AvgIpc) is 2.86. The first-order valence-corrected chi connectivity index (χ1v) is 7.04. The van der Waals surface area contributed by atoms with Crippen molar-refractivity contribution in [1.82, 2.24) is 9.97 Å². The van der Waals surface area contributed by atoms with Crippen LogP contribution >= 0.6 is 11.3 Å². The van der Waals surface area contributed by atoms with Crippen LogP contribution in [0.15, 0.2) is 18.3 Å². The van der Waals surface area contributed by atoms with Crippen LogP contribution in [0.25, 0.3) is 0 Å². The van der Waals surface area contributed by atoms with Crippen LogP contribution in [0.2, 0.25) is 0 Å². The van der Waals surface area contributed by atoms with Gasteiger partial charge in [0.1, 0.15) is 10.8 Å². The highest BCUT2D eigenvalue weighted by Crippen LogP contribution is 2.23. The lowest BCUT2D eigenvalue weighted by atomic mass is 10.2. The van der Waals surface area contributed by atoms with Gasteiger partial charge in [-0.15, -0.1) is 11.3 Å². The molecule has 2 heterocycles. The van der Waals surface area contributed by atoms with E-state index in [0.717, 1.165) is 22.9 Å². The molecule has 4 nitrogen and oxygen atoms in total. The Balaban J connectivity index is 2.16. The van der Waals surface area contributed by atoms with Gasteiger partial charge in [0, 0.05) is 16.8 Å². The Morgan fingerprint density at radius 2 is 2.26 bits per heavy atom. The molecule has 2 aromatic heterocycles. The van der Waals surface area contributed by atoms with E-state index < -0.39 is 0 Å². The number of thiazole rings is 1. The second-order valence-electron chi connectivity index (χ2n) is 4.38. The molecule has 1 N–H and O–H groups in total. The normalized spacial score (nSPS) is 11.9. The molecule has 19 heavy (non-hydrogen) atoms.